The summed E-state index contributed by atoms with van der Waals surface area (Å²) in [7, 11) is 0. The van der Waals surface area contributed by atoms with Gasteiger partial charge in [0.2, 0.25) is 0 Å². The number of nitrogens with one attached hydrogen (secondary N) is 1. The van der Waals surface area contributed by atoms with Crippen LogP contribution in [0.2, 0.25) is 0 Å². The van der Waals surface area contributed by atoms with Gasteiger partial charge in [-0.05, 0) is 35.6 Å². The van der Waals surface area contributed by atoms with E-state index < -0.39 is 11.8 Å². The van der Waals surface area contributed by atoms with E-state index in [2.05, 4.69) is 5.32 Å². The van der Waals surface area contributed by atoms with Crippen molar-refractivity contribution in [3.63, 3.8) is 0 Å². The first-order chi connectivity index (χ1) is 13.7. The number of carbonyl (C=O) groups excluding carboxylic acids is 2. The fourth-order valence-electron chi connectivity index (χ4n) is 3.92. The molecule has 0 atom stereocenters. The lowest BCUT2D eigenvalue weighted by atomic mass is 10.1. The number of para-hydroxylation sites is 2. The molecule has 6 nitrogen and oxygen atoms in total. The van der Waals surface area contributed by atoms with E-state index in [1.54, 1.807) is 15.3 Å². The molecule has 4 aromatic rings. The van der Waals surface area contributed by atoms with Crippen LogP contribution in [-0.2, 0) is 16.0 Å². The van der Waals surface area contributed by atoms with Gasteiger partial charge in [-0.3, -0.25) is 14.9 Å². The number of aromatic nitrogens is 2. The molecular formula is C22H17N3O3. The van der Waals surface area contributed by atoms with Gasteiger partial charge in [-0.2, -0.15) is 0 Å². The van der Waals surface area contributed by atoms with Gasteiger partial charge in [0.05, 0.1) is 11.0 Å². The van der Waals surface area contributed by atoms with Gasteiger partial charge in [0.1, 0.15) is 11.4 Å². The summed E-state index contributed by atoms with van der Waals surface area (Å²) in [4.78, 5) is 25.5. The zero-order valence-electron chi connectivity index (χ0n) is 14.9. The van der Waals surface area contributed by atoms with Crippen molar-refractivity contribution in [2.45, 2.75) is 6.42 Å². The molecule has 2 aromatic heterocycles. The first-order valence-electron chi connectivity index (χ1n) is 9.05. The Balaban J connectivity index is 1.83. The van der Waals surface area contributed by atoms with E-state index in [4.69, 9.17) is 0 Å². The first-order valence-corrected chi connectivity index (χ1v) is 9.05. The minimum Gasteiger partial charge on any atom is -0.396 e. The van der Waals surface area contributed by atoms with E-state index >= 15 is 0 Å². The van der Waals surface area contributed by atoms with E-state index in [9.17, 15) is 14.7 Å². The second kappa shape index (κ2) is 6.21. The molecule has 0 saturated carbocycles. The molecule has 2 amide bonds. The highest BCUT2D eigenvalue weighted by Crippen LogP contribution is 2.32. The van der Waals surface area contributed by atoms with Crippen molar-refractivity contribution in [1.82, 2.24) is 14.5 Å². The van der Waals surface area contributed by atoms with E-state index in [-0.39, 0.29) is 12.3 Å². The highest BCUT2D eigenvalue weighted by molar-refractivity contribution is 6.44. The highest BCUT2D eigenvalue weighted by Gasteiger charge is 2.34. The number of imide groups is 1. The smallest absolute Gasteiger partial charge is 0.277 e. The number of aliphatic hydroxyl groups excluding tert-OH is 1. The van der Waals surface area contributed by atoms with Crippen LogP contribution in [0, 0.1) is 0 Å². The maximum atomic E-state index is 12.8. The van der Waals surface area contributed by atoms with Crippen molar-refractivity contribution in [3.8, 4) is 0 Å². The molecule has 3 heterocycles. The predicted molar refractivity (Wildman–Crippen MR) is 107 cm³/mol. The Hall–Kier alpha value is -3.64. The lowest BCUT2D eigenvalue weighted by Gasteiger charge is -2.09. The minimum absolute atomic E-state index is 0.00722. The maximum Gasteiger partial charge on any atom is 0.277 e. The number of benzene rings is 2. The van der Waals surface area contributed by atoms with Crippen LogP contribution in [-0.4, -0.2) is 32.7 Å². The summed E-state index contributed by atoms with van der Waals surface area (Å²) >= 11 is 0. The van der Waals surface area contributed by atoms with Gasteiger partial charge in [0.25, 0.3) is 11.8 Å². The molecule has 2 aromatic carbocycles. The predicted octanol–water partition coefficient (Wildman–Crippen LogP) is 2.61. The number of carbonyl (C=O) groups is 2. The van der Waals surface area contributed by atoms with Crippen molar-refractivity contribution >= 4 is 45.0 Å². The topological polar surface area (TPSA) is 76.3 Å². The van der Waals surface area contributed by atoms with Gasteiger partial charge in [-0.25, -0.2) is 0 Å². The summed E-state index contributed by atoms with van der Waals surface area (Å²) < 4.78 is 3.51. The van der Waals surface area contributed by atoms with E-state index in [0.717, 1.165) is 27.4 Å². The summed E-state index contributed by atoms with van der Waals surface area (Å²) in [5, 5.41) is 13.8. The zero-order chi connectivity index (χ0) is 19.3. The molecule has 0 saturated heterocycles. The van der Waals surface area contributed by atoms with Crippen LogP contribution in [0.1, 0.15) is 5.56 Å². The second-order valence-electron chi connectivity index (χ2n) is 6.74. The molecule has 0 radical (unpaired) electrons. The average Bonchev–Trinajstić information content (AvgIpc) is 3.36. The summed E-state index contributed by atoms with van der Waals surface area (Å²) in [6.07, 6.45) is 4.11. The second-order valence-corrected chi connectivity index (χ2v) is 6.74. The van der Waals surface area contributed by atoms with Crippen molar-refractivity contribution in [3.05, 3.63) is 72.6 Å². The van der Waals surface area contributed by atoms with Crippen molar-refractivity contribution in [1.29, 1.82) is 0 Å². The Kier molecular flexibility index (Phi) is 3.67. The summed E-state index contributed by atoms with van der Waals surface area (Å²) in [5.74, 6) is -0.864. The van der Waals surface area contributed by atoms with Gasteiger partial charge in [0, 0.05) is 24.4 Å². The Morgan fingerprint density at radius 1 is 0.821 bits per heavy atom. The maximum absolute atomic E-state index is 12.8. The van der Waals surface area contributed by atoms with Crippen molar-refractivity contribution in [2.24, 2.45) is 0 Å². The van der Waals surface area contributed by atoms with E-state index in [1.165, 1.54) is 0 Å². The van der Waals surface area contributed by atoms with Gasteiger partial charge in [0.15, 0.2) is 0 Å². The van der Waals surface area contributed by atoms with Crippen LogP contribution in [0.25, 0.3) is 33.2 Å². The third kappa shape index (κ3) is 2.32. The standard InChI is InChI=1S/C22H17N3O3/c26-12-10-15-13-25(18-8-4-2-6-16(15)18)20-19(21(27)23-22(20)28)24-11-9-14-5-1-3-7-17(14)24/h1-9,11,13,26H,10,12H2,(H,23,27,28). The molecule has 28 heavy (non-hydrogen) atoms. The molecule has 0 fully saturated rings. The molecule has 1 aliphatic rings. The Labute approximate surface area is 160 Å². The van der Waals surface area contributed by atoms with Crippen molar-refractivity contribution < 1.29 is 14.7 Å². The molecule has 0 spiro atoms. The van der Waals surface area contributed by atoms with Crippen LogP contribution in [0.4, 0.5) is 0 Å². The SMILES string of the molecule is O=C1NC(=O)C(n2cc(CCO)c3ccccc32)=C1n1ccc2ccccc21. The largest absolute Gasteiger partial charge is 0.396 e. The minimum atomic E-state index is -0.436. The molecule has 0 aliphatic carbocycles. The normalized spacial score (nSPS) is 14.5. The Morgan fingerprint density at radius 2 is 1.50 bits per heavy atom. The van der Waals surface area contributed by atoms with Gasteiger partial charge < -0.3 is 14.2 Å². The van der Waals surface area contributed by atoms with Crippen LogP contribution in [0.15, 0.2) is 67.0 Å². The molecule has 6 heteroatoms. The summed E-state index contributed by atoms with van der Waals surface area (Å²) in [6.45, 7) is 0.00722. The molecule has 0 unspecified atom stereocenters. The number of nitrogens with zero attached hydrogens (tertiary/aromatic N) is 2. The molecule has 0 bridgehead atoms. The van der Waals surface area contributed by atoms with Gasteiger partial charge in [-0.15, -0.1) is 0 Å². The third-order valence-corrected chi connectivity index (χ3v) is 5.14. The zero-order valence-corrected chi connectivity index (χ0v) is 14.9. The van der Waals surface area contributed by atoms with E-state index in [1.807, 2.05) is 60.8 Å². The third-order valence-electron chi connectivity index (χ3n) is 5.14. The fraction of sp³-hybridized carbons (Fsp3) is 0.0909. The molecular weight excluding hydrogens is 354 g/mol. The monoisotopic (exact) mass is 371 g/mol. The number of rotatable bonds is 4. The molecule has 5 rings (SSSR count). The lowest BCUT2D eigenvalue weighted by Crippen LogP contribution is -2.24. The highest BCUT2D eigenvalue weighted by atomic mass is 16.3. The number of aliphatic hydroxyl groups is 1. The average molecular weight is 371 g/mol. The van der Waals surface area contributed by atoms with Gasteiger partial charge in [-0.1, -0.05) is 36.4 Å². The number of amides is 2. The Morgan fingerprint density at radius 3 is 2.29 bits per heavy atom. The lowest BCUT2D eigenvalue weighted by molar-refractivity contribution is -0.123. The quantitative estimate of drug-likeness (QED) is 0.542. The van der Waals surface area contributed by atoms with Crippen LogP contribution < -0.4 is 5.32 Å². The molecule has 2 N–H and O–H groups in total. The Bertz CT molecular complexity index is 1290. The van der Waals surface area contributed by atoms with Crippen LogP contribution in [0.3, 0.4) is 0 Å². The first kappa shape index (κ1) is 16.5. The number of hydrogen-bond acceptors (Lipinski definition) is 3. The van der Waals surface area contributed by atoms with E-state index in [0.29, 0.717) is 12.1 Å². The van der Waals surface area contributed by atoms with Crippen LogP contribution in [0.5, 0.6) is 0 Å². The number of fused-ring (bicyclic) bond motifs is 2. The number of hydrogen-bond donors (Lipinski definition) is 2. The van der Waals surface area contributed by atoms with Crippen LogP contribution >= 0.6 is 0 Å². The summed E-state index contributed by atoms with van der Waals surface area (Å²) in [6, 6.07) is 17.3. The summed E-state index contributed by atoms with van der Waals surface area (Å²) in [5.41, 5.74) is 3.18. The van der Waals surface area contributed by atoms with Gasteiger partial charge >= 0.3 is 0 Å². The molecule has 138 valence electrons. The molecule has 1 aliphatic heterocycles. The fourth-order valence-corrected chi connectivity index (χ4v) is 3.92. The van der Waals surface area contributed by atoms with Crippen molar-refractivity contribution in [2.75, 3.05) is 6.61 Å².